The van der Waals surface area contributed by atoms with Crippen molar-refractivity contribution in [2.75, 3.05) is 10.6 Å². The van der Waals surface area contributed by atoms with Crippen LogP contribution in [0.3, 0.4) is 0 Å². The fourth-order valence-corrected chi connectivity index (χ4v) is 2.55. The average Bonchev–Trinajstić information content (AvgIpc) is 3.19. The van der Waals surface area contributed by atoms with E-state index in [1.165, 1.54) is 42.5 Å². The molecule has 1 heterocycles. The number of amides is 3. The second-order valence-corrected chi connectivity index (χ2v) is 6.02. The Bertz CT molecular complexity index is 1130. The van der Waals surface area contributed by atoms with Crippen molar-refractivity contribution >= 4 is 29.1 Å². The lowest BCUT2D eigenvalue weighted by Crippen LogP contribution is -2.21. The summed E-state index contributed by atoms with van der Waals surface area (Å²) in [5.41, 5.74) is 5.05. The van der Waals surface area contributed by atoms with Crippen molar-refractivity contribution in [1.82, 2.24) is 9.97 Å². The number of alkyl halides is 3. The maximum absolute atomic E-state index is 12.5. The number of aromatic nitrogens is 2. The van der Waals surface area contributed by atoms with Crippen molar-refractivity contribution in [3.63, 3.8) is 0 Å². The summed E-state index contributed by atoms with van der Waals surface area (Å²) >= 11 is 0. The quantitative estimate of drug-likeness (QED) is 0.473. The van der Waals surface area contributed by atoms with Crippen molar-refractivity contribution in [3.8, 4) is 5.75 Å². The number of benzene rings is 2. The summed E-state index contributed by atoms with van der Waals surface area (Å²) in [6, 6.07) is 10.6. The SMILES string of the molecule is NC(=O)c1nc[nH]c1C(=O)Nc1ccc(NC(=O)c2ccccc2OC(F)(F)F)cc1. The topological polar surface area (TPSA) is 139 Å². The summed E-state index contributed by atoms with van der Waals surface area (Å²) in [5.74, 6) is -3.00. The minimum absolute atomic E-state index is 0.119. The molecule has 0 spiro atoms. The summed E-state index contributed by atoms with van der Waals surface area (Å²) in [4.78, 5) is 42.0. The van der Waals surface area contributed by atoms with E-state index in [4.69, 9.17) is 5.73 Å². The number of H-pyrrole nitrogens is 1. The highest BCUT2D eigenvalue weighted by atomic mass is 19.4. The van der Waals surface area contributed by atoms with Crippen molar-refractivity contribution in [2.45, 2.75) is 6.36 Å². The second kappa shape index (κ2) is 8.57. The first-order valence-electron chi connectivity index (χ1n) is 8.55. The van der Waals surface area contributed by atoms with Gasteiger partial charge in [0.15, 0.2) is 5.69 Å². The number of carbonyl (C=O) groups excluding carboxylic acids is 3. The normalized spacial score (nSPS) is 10.9. The highest BCUT2D eigenvalue weighted by molar-refractivity contribution is 6.10. The Morgan fingerprint density at radius 2 is 1.52 bits per heavy atom. The molecule has 0 aliphatic heterocycles. The third-order valence-corrected chi connectivity index (χ3v) is 3.86. The van der Waals surface area contributed by atoms with E-state index >= 15 is 0 Å². The number of nitrogens with zero attached hydrogens (tertiary/aromatic N) is 1. The number of nitrogens with one attached hydrogen (secondary N) is 3. The minimum atomic E-state index is -4.95. The number of hydrogen-bond donors (Lipinski definition) is 4. The number of aromatic amines is 1. The van der Waals surface area contributed by atoms with Crippen molar-refractivity contribution < 1.29 is 32.3 Å². The first-order chi connectivity index (χ1) is 14.6. The van der Waals surface area contributed by atoms with Crippen LogP contribution in [0.1, 0.15) is 31.3 Å². The molecule has 160 valence electrons. The van der Waals surface area contributed by atoms with Crippen LogP contribution in [0.4, 0.5) is 24.5 Å². The van der Waals surface area contributed by atoms with Gasteiger partial charge in [0.25, 0.3) is 17.7 Å². The van der Waals surface area contributed by atoms with Crippen molar-refractivity contribution in [1.29, 1.82) is 0 Å². The van der Waals surface area contributed by atoms with E-state index in [-0.39, 0.29) is 22.6 Å². The fraction of sp³-hybridized carbons (Fsp3) is 0.0526. The zero-order chi connectivity index (χ0) is 22.6. The number of para-hydroxylation sites is 1. The first kappa shape index (κ1) is 21.4. The molecule has 0 aliphatic rings. The van der Waals surface area contributed by atoms with Gasteiger partial charge in [-0.2, -0.15) is 0 Å². The molecule has 0 bridgehead atoms. The Hall–Kier alpha value is -4.35. The smallest absolute Gasteiger partial charge is 0.405 e. The van der Waals surface area contributed by atoms with Gasteiger partial charge in [-0.3, -0.25) is 14.4 Å². The summed E-state index contributed by atoms with van der Waals surface area (Å²) in [6.45, 7) is 0. The van der Waals surface area contributed by atoms with E-state index in [1.807, 2.05) is 0 Å². The number of hydrogen-bond acceptors (Lipinski definition) is 5. The van der Waals surface area contributed by atoms with Crippen LogP contribution >= 0.6 is 0 Å². The molecule has 3 amide bonds. The molecule has 1 aromatic heterocycles. The highest BCUT2D eigenvalue weighted by Crippen LogP contribution is 2.27. The van der Waals surface area contributed by atoms with Gasteiger partial charge in [0.2, 0.25) is 0 Å². The number of nitrogens with two attached hydrogens (primary N) is 1. The summed E-state index contributed by atoms with van der Waals surface area (Å²) in [6.07, 6.45) is -3.80. The Balaban J connectivity index is 1.69. The lowest BCUT2D eigenvalue weighted by atomic mass is 10.2. The Morgan fingerprint density at radius 3 is 2.10 bits per heavy atom. The lowest BCUT2D eigenvalue weighted by molar-refractivity contribution is -0.274. The van der Waals surface area contributed by atoms with Gasteiger partial charge < -0.3 is 26.1 Å². The number of ether oxygens (including phenoxy) is 1. The lowest BCUT2D eigenvalue weighted by Gasteiger charge is -2.13. The number of carbonyl (C=O) groups is 3. The standard InChI is InChI=1S/C19H14F3N5O4/c20-19(21,22)31-13-4-2-1-3-12(13)17(29)26-10-5-7-11(8-6-10)27-18(30)15-14(16(23)28)24-9-25-15/h1-9H,(H2,23,28)(H,24,25)(H,26,29)(H,27,30). The van der Waals surface area contributed by atoms with Crippen LogP contribution in [0.25, 0.3) is 0 Å². The van der Waals surface area contributed by atoms with Gasteiger partial charge in [-0.05, 0) is 36.4 Å². The maximum Gasteiger partial charge on any atom is 0.573 e. The van der Waals surface area contributed by atoms with E-state index < -0.39 is 29.8 Å². The van der Waals surface area contributed by atoms with Crippen LogP contribution in [0.15, 0.2) is 54.9 Å². The molecule has 3 rings (SSSR count). The van der Waals surface area contributed by atoms with Crippen LogP contribution in [-0.2, 0) is 0 Å². The van der Waals surface area contributed by atoms with Gasteiger partial charge in [-0.15, -0.1) is 13.2 Å². The number of rotatable bonds is 6. The zero-order valence-electron chi connectivity index (χ0n) is 15.5. The molecular weight excluding hydrogens is 419 g/mol. The maximum atomic E-state index is 12.5. The van der Waals surface area contributed by atoms with E-state index in [0.29, 0.717) is 5.69 Å². The molecule has 0 aliphatic carbocycles. The van der Waals surface area contributed by atoms with Crippen LogP contribution in [0, 0.1) is 0 Å². The fourth-order valence-electron chi connectivity index (χ4n) is 2.55. The van der Waals surface area contributed by atoms with Crippen LogP contribution in [0.5, 0.6) is 5.75 Å². The second-order valence-electron chi connectivity index (χ2n) is 6.02. The molecule has 2 aromatic carbocycles. The molecule has 3 aromatic rings. The molecular formula is C19H14F3N5O4. The number of anilines is 2. The van der Waals surface area contributed by atoms with Crippen LogP contribution in [-0.4, -0.2) is 34.1 Å². The van der Waals surface area contributed by atoms with Gasteiger partial charge in [-0.25, -0.2) is 4.98 Å². The minimum Gasteiger partial charge on any atom is -0.405 e. The first-order valence-corrected chi connectivity index (χ1v) is 8.55. The van der Waals surface area contributed by atoms with Gasteiger partial charge in [-0.1, -0.05) is 12.1 Å². The molecule has 0 saturated carbocycles. The summed E-state index contributed by atoms with van der Waals surface area (Å²) < 4.78 is 41.4. The molecule has 0 unspecified atom stereocenters. The van der Waals surface area contributed by atoms with Gasteiger partial charge in [0, 0.05) is 11.4 Å². The molecule has 0 atom stereocenters. The summed E-state index contributed by atoms with van der Waals surface area (Å²) in [5, 5.41) is 4.95. The molecule has 31 heavy (non-hydrogen) atoms. The molecule has 0 radical (unpaired) electrons. The van der Waals surface area contributed by atoms with Crippen LogP contribution in [0.2, 0.25) is 0 Å². The van der Waals surface area contributed by atoms with Crippen molar-refractivity contribution in [2.24, 2.45) is 5.73 Å². The largest absolute Gasteiger partial charge is 0.573 e. The molecule has 0 saturated heterocycles. The highest BCUT2D eigenvalue weighted by Gasteiger charge is 2.32. The number of halogens is 3. The van der Waals surface area contributed by atoms with Crippen LogP contribution < -0.4 is 21.1 Å². The number of imidazole rings is 1. The molecule has 12 heteroatoms. The predicted molar refractivity (Wildman–Crippen MR) is 103 cm³/mol. The Labute approximate surface area is 172 Å². The Morgan fingerprint density at radius 1 is 0.935 bits per heavy atom. The van der Waals surface area contributed by atoms with Crippen molar-refractivity contribution in [3.05, 3.63) is 71.8 Å². The molecule has 5 N–H and O–H groups in total. The molecule has 9 nitrogen and oxygen atoms in total. The third kappa shape index (κ3) is 5.38. The van der Waals surface area contributed by atoms with E-state index in [2.05, 4.69) is 25.3 Å². The summed E-state index contributed by atoms with van der Waals surface area (Å²) in [7, 11) is 0. The van der Waals surface area contributed by atoms with Gasteiger partial charge in [0.1, 0.15) is 11.4 Å². The zero-order valence-corrected chi connectivity index (χ0v) is 15.5. The van der Waals surface area contributed by atoms with E-state index in [9.17, 15) is 27.6 Å². The van der Waals surface area contributed by atoms with E-state index in [1.54, 1.807) is 0 Å². The monoisotopic (exact) mass is 433 g/mol. The van der Waals surface area contributed by atoms with Gasteiger partial charge >= 0.3 is 6.36 Å². The molecule has 0 fully saturated rings. The third-order valence-electron chi connectivity index (χ3n) is 3.86. The number of primary amides is 1. The van der Waals surface area contributed by atoms with E-state index in [0.717, 1.165) is 12.4 Å². The Kier molecular flexibility index (Phi) is 5.90. The predicted octanol–water partition coefficient (Wildman–Crippen LogP) is 2.91. The average molecular weight is 433 g/mol. The van der Waals surface area contributed by atoms with Gasteiger partial charge in [0.05, 0.1) is 11.9 Å².